The second-order valence-corrected chi connectivity index (χ2v) is 10.6. The minimum Gasteiger partial charge on any atom is -0.434 e. The second-order valence-electron chi connectivity index (χ2n) is 10.6. The fourth-order valence-corrected chi connectivity index (χ4v) is 5.00. The molecule has 218 valence electrons. The predicted octanol–water partition coefficient (Wildman–Crippen LogP) is 10.4. The molecule has 0 heterocycles. The molecule has 0 spiro atoms. The van der Waals surface area contributed by atoms with Gasteiger partial charge in [0.25, 0.3) is 0 Å². The zero-order chi connectivity index (χ0) is 28.7. The van der Waals surface area contributed by atoms with Crippen molar-refractivity contribution in [2.45, 2.75) is 105 Å². The van der Waals surface area contributed by atoms with Crippen LogP contribution in [0.4, 0.5) is 9.59 Å². The summed E-state index contributed by atoms with van der Waals surface area (Å²) >= 11 is 0. The summed E-state index contributed by atoms with van der Waals surface area (Å²) in [4.78, 5) is 25.5. The van der Waals surface area contributed by atoms with Gasteiger partial charge in [0.15, 0.2) is 5.75 Å². The van der Waals surface area contributed by atoms with Gasteiger partial charge in [0.2, 0.25) is 0 Å². The molecule has 3 rings (SSSR count). The lowest BCUT2D eigenvalue weighted by atomic mass is 9.96. The van der Waals surface area contributed by atoms with Crippen LogP contribution in [-0.2, 0) is 9.47 Å². The highest BCUT2D eigenvalue weighted by atomic mass is 16.7. The van der Waals surface area contributed by atoms with Gasteiger partial charge in [-0.3, -0.25) is 0 Å². The molecule has 0 aliphatic carbocycles. The molecule has 0 bridgehead atoms. The third kappa shape index (κ3) is 9.14. The van der Waals surface area contributed by atoms with Crippen LogP contribution in [0, 0.1) is 13.8 Å². The monoisotopic (exact) mass is 550 g/mol. The van der Waals surface area contributed by atoms with Crippen LogP contribution < -0.4 is 9.47 Å². The van der Waals surface area contributed by atoms with Crippen molar-refractivity contribution in [1.29, 1.82) is 0 Å². The first-order valence-corrected chi connectivity index (χ1v) is 15.1. The molecule has 0 radical (unpaired) electrons. The van der Waals surface area contributed by atoms with Crippen molar-refractivity contribution in [2.24, 2.45) is 0 Å². The number of ether oxygens (including phenoxy) is 4. The fourth-order valence-electron chi connectivity index (χ4n) is 5.00. The lowest BCUT2D eigenvalue weighted by molar-refractivity contribution is 0.0965. The molecule has 0 saturated carbocycles. The Morgan fingerprint density at radius 2 is 1.15 bits per heavy atom. The topological polar surface area (TPSA) is 71.1 Å². The summed E-state index contributed by atoms with van der Waals surface area (Å²) < 4.78 is 22.5. The molecule has 0 aromatic heterocycles. The van der Waals surface area contributed by atoms with E-state index in [-0.39, 0.29) is 0 Å². The molecular formula is C34H46O6. The van der Waals surface area contributed by atoms with E-state index < -0.39 is 12.3 Å². The average molecular weight is 551 g/mol. The normalized spacial score (nSPS) is 11.1. The molecule has 0 saturated heterocycles. The van der Waals surface area contributed by atoms with E-state index in [1.54, 1.807) is 0 Å². The highest BCUT2D eigenvalue weighted by molar-refractivity contribution is 6.13. The Balaban J connectivity index is 1.79. The lowest BCUT2D eigenvalue weighted by Crippen LogP contribution is -2.14. The molecule has 6 heteroatoms. The molecular weight excluding hydrogens is 504 g/mol. The van der Waals surface area contributed by atoms with Crippen LogP contribution in [0.25, 0.3) is 21.5 Å². The van der Waals surface area contributed by atoms with Gasteiger partial charge < -0.3 is 18.9 Å². The molecule has 0 unspecified atom stereocenters. The zero-order valence-corrected chi connectivity index (χ0v) is 24.8. The van der Waals surface area contributed by atoms with Crippen LogP contribution in [-0.4, -0.2) is 25.5 Å². The number of rotatable bonds is 16. The van der Waals surface area contributed by atoms with E-state index >= 15 is 0 Å². The van der Waals surface area contributed by atoms with Crippen molar-refractivity contribution in [2.75, 3.05) is 13.2 Å². The van der Waals surface area contributed by atoms with Crippen LogP contribution in [0.5, 0.6) is 11.5 Å². The quantitative estimate of drug-likeness (QED) is 0.0764. The van der Waals surface area contributed by atoms with E-state index in [0.29, 0.717) is 46.3 Å². The SMILES string of the molecule is CCCCCCCCOC(=O)Oc1c2cc(C)ccc2c(OC(=O)OCCCCCCCC)c2c(C)cccc12. The molecule has 40 heavy (non-hydrogen) atoms. The predicted molar refractivity (Wildman–Crippen MR) is 162 cm³/mol. The molecule has 3 aromatic carbocycles. The Morgan fingerprint density at radius 1 is 0.600 bits per heavy atom. The molecule has 3 aromatic rings. The number of aryl methyl sites for hydroxylation is 2. The summed E-state index contributed by atoms with van der Waals surface area (Å²) in [6.07, 6.45) is 11.8. The van der Waals surface area contributed by atoms with Crippen LogP contribution >= 0.6 is 0 Å². The number of carbonyl (C=O) groups is 2. The van der Waals surface area contributed by atoms with Gasteiger partial charge in [0.05, 0.1) is 13.2 Å². The van der Waals surface area contributed by atoms with Gasteiger partial charge in [-0.15, -0.1) is 0 Å². The summed E-state index contributed by atoms with van der Waals surface area (Å²) in [6, 6.07) is 11.5. The van der Waals surface area contributed by atoms with Gasteiger partial charge in [-0.05, 0) is 38.3 Å². The molecule has 0 fully saturated rings. The van der Waals surface area contributed by atoms with Gasteiger partial charge in [-0.25, -0.2) is 9.59 Å². The first-order valence-electron chi connectivity index (χ1n) is 15.1. The van der Waals surface area contributed by atoms with Crippen molar-refractivity contribution in [3.8, 4) is 11.5 Å². The van der Waals surface area contributed by atoms with Gasteiger partial charge in [-0.1, -0.05) is 114 Å². The minimum absolute atomic E-state index is 0.324. The maximum absolute atomic E-state index is 12.8. The van der Waals surface area contributed by atoms with E-state index in [1.165, 1.54) is 38.5 Å². The first-order chi connectivity index (χ1) is 19.5. The Labute approximate surface area is 239 Å². The largest absolute Gasteiger partial charge is 0.513 e. The van der Waals surface area contributed by atoms with Crippen LogP contribution in [0.1, 0.15) is 102 Å². The number of carbonyl (C=O) groups excluding carboxylic acids is 2. The number of hydrogen-bond acceptors (Lipinski definition) is 6. The molecule has 0 N–H and O–H groups in total. The Hall–Kier alpha value is -3.28. The van der Waals surface area contributed by atoms with E-state index in [2.05, 4.69) is 13.8 Å². The molecule has 0 atom stereocenters. The highest BCUT2D eigenvalue weighted by Crippen LogP contribution is 2.44. The van der Waals surface area contributed by atoms with Crippen molar-refractivity contribution in [1.82, 2.24) is 0 Å². The number of fused-ring (bicyclic) bond motifs is 2. The maximum Gasteiger partial charge on any atom is 0.513 e. The zero-order valence-electron chi connectivity index (χ0n) is 24.8. The van der Waals surface area contributed by atoms with Gasteiger partial charge in [0, 0.05) is 21.5 Å². The van der Waals surface area contributed by atoms with E-state index in [0.717, 1.165) is 49.7 Å². The van der Waals surface area contributed by atoms with Gasteiger partial charge >= 0.3 is 12.3 Å². The van der Waals surface area contributed by atoms with Gasteiger partial charge in [0.1, 0.15) is 5.75 Å². The van der Waals surface area contributed by atoms with Crippen molar-refractivity contribution < 1.29 is 28.5 Å². The third-order valence-electron chi connectivity index (χ3n) is 7.22. The van der Waals surface area contributed by atoms with E-state index in [4.69, 9.17) is 18.9 Å². The molecule has 6 nitrogen and oxygen atoms in total. The average Bonchev–Trinajstić information content (AvgIpc) is 2.93. The van der Waals surface area contributed by atoms with E-state index in [1.807, 2.05) is 50.2 Å². The van der Waals surface area contributed by atoms with Crippen molar-refractivity contribution in [3.63, 3.8) is 0 Å². The van der Waals surface area contributed by atoms with Crippen molar-refractivity contribution >= 4 is 33.9 Å². The third-order valence-corrected chi connectivity index (χ3v) is 7.22. The summed E-state index contributed by atoms with van der Waals surface area (Å²) in [5.74, 6) is 0.807. The fraction of sp³-hybridized carbons (Fsp3) is 0.529. The maximum atomic E-state index is 12.8. The summed E-state index contributed by atoms with van der Waals surface area (Å²) in [5, 5.41) is 2.72. The highest BCUT2D eigenvalue weighted by Gasteiger charge is 2.22. The second kappa shape index (κ2) is 16.7. The summed E-state index contributed by atoms with van der Waals surface area (Å²) in [5.41, 5.74) is 1.88. The smallest absolute Gasteiger partial charge is 0.434 e. The summed E-state index contributed by atoms with van der Waals surface area (Å²) in [6.45, 7) is 8.94. The summed E-state index contributed by atoms with van der Waals surface area (Å²) in [7, 11) is 0. The van der Waals surface area contributed by atoms with Crippen LogP contribution in [0.3, 0.4) is 0 Å². The Morgan fingerprint density at radius 3 is 1.75 bits per heavy atom. The minimum atomic E-state index is -0.730. The number of hydrogen-bond donors (Lipinski definition) is 0. The molecule has 0 aliphatic heterocycles. The van der Waals surface area contributed by atoms with Crippen molar-refractivity contribution in [3.05, 3.63) is 47.5 Å². The lowest BCUT2D eigenvalue weighted by Gasteiger charge is -2.18. The Kier molecular flexibility index (Phi) is 13.1. The molecule has 0 aliphatic rings. The number of benzene rings is 3. The van der Waals surface area contributed by atoms with Crippen LogP contribution in [0.2, 0.25) is 0 Å². The number of unbranched alkanes of at least 4 members (excludes halogenated alkanes) is 10. The Bertz CT molecular complexity index is 1240. The van der Waals surface area contributed by atoms with E-state index in [9.17, 15) is 9.59 Å². The van der Waals surface area contributed by atoms with Crippen LogP contribution in [0.15, 0.2) is 36.4 Å². The first kappa shape index (κ1) is 31.3. The molecule has 0 amide bonds. The van der Waals surface area contributed by atoms with Gasteiger partial charge in [-0.2, -0.15) is 0 Å². The standard InChI is InChI=1S/C34H46O6/c1-5-7-9-11-13-15-22-37-33(35)39-31-28-19-17-18-26(4)30(28)32(27-21-20-25(3)24-29(27)31)40-34(36)38-23-16-14-12-10-8-6-2/h17-21,24H,5-16,22-23H2,1-4H3.